The van der Waals surface area contributed by atoms with E-state index in [4.69, 9.17) is 21.7 Å². The maximum Gasteiger partial charge on any atom is 0.184 e. The third-order valence-electron chi connectivity index (χ3n) is 4.11. The SMILES string of the molecule is CCCN1C(=S)NC2CC1(C)Oc1c(OC)cc(Br)cc12. The molecule has 1 aromatic carbocycles. The zero-order valence-corrected chi connectivity index (χ0v) is 14.8. The molecule has 2 atom stereocenters. The molecule has 0 saturated carbocycles. The molecule has 6 heteroatoms. The second-order valence-corrected chi connectivity index (χ2v) is 6.96. The van der Waals surface area contributed by atoms with Crippen LogP contribution in [0.5, 0.6) is 11.5 Å². The van der Waals surface area contributed by atoms with Gasteiger partial charge < -0.3 is 19.7 Å². The second-order valence-electron chi connectivity index (χ2n) is 5.66. The number of nitrogens with zero attached hydrogens (tertiary/aromatic N) is 1. The normalized spacial score (nSPS) is 26.8. The van der Waals surface area contributed by atoms with E-state index in [0.717, 1.165) is 46.0 Å². The van der Waals surface area contributed by atoms with Crippen LogP contribution >= 0.6 is 28.1 Å². The van der Waals surface area contributed by atoms with Crippen LogP contribution in [0.25, 0.3) is 0 Å². The molecular formula is C15H19BrN2O2S. The van der Waals surface area contributed by atoms with Crippen LogP contribution < -0.4 is 14.8 Å². The van der Waals surface area contributed by atoms with Gasteiger partial charge >= 0.3 is 0 Å². The summed E-state index contributed by atoms with van der Waals surface area (Å²) < 4.78 is 12.8. The molecule has 2 aliphatic heterocycles. The number of thiocarbonyl (C=S) groups is 1. The van der Waals surface area contributed by atoms with Gasteiger partial charge in [0.15, 0.2) is 22.3 Å². The monoisotopic (exact) mass is 370 g/mol. The fourth-order valence-corrected chi connectivity index (χ4v) is 4.04. The van der Waals surface area contributed by atoms with Crippen molar-refractivity contribution in [3.05, 3.63) is 22.2 Å². The van der Waals surface area contributed by atoms with Gasteiger partial charge in [-0.1, -0.05) is 22.9 Å². The largest absolute Gasteiger partial charge is 0.493 e. The van der Waals surface area contributed by atoms with Crippen LogP contribution in [0.15, 0.2) is 16.6 Å². The lowest BCUT2D eigenvalue weighted by Gasteiger charge is -2.52. The van der Waals surface area contributed by atoms with Gasteiger partial charge in [0.2, 0.25) is 0 Å². The quantitative estimate of drug-likeness (QED) is 0.822. The Labute approximate surface area is 138 Å². The fourth-order valence-electron chi connectivity index (χ4n) is 3.16. The fraction of sp³-hybridized carbons (Fsp3) is 0.533. The summed E-state index contributed by atoms with van der Waals surface area (Å²) in [6, 6.07) is 4.17. The standard InChI is InChI=1S/C15H19BrN2O2S/c1-4-5-18-14(21)17-11-8-15(18,2)20-13-10(11)6-9(16)7-12(13)19-3/h6-7,11H,4-5,8H2,1-3H3,(H,17,21). The zero-order valence-electron chi connectivity index (χ0n) is 12.4. The van der Waals surface area contributed by atoms with E-state index in [9.17, 15) is 0 Å². The molecular weight excluding hydrogens is 352 g/mol. The predicted molar refractivity (Wildman–Crippen MR) is 89.8 cm³/mol. The van der Waals surface area contributed by atoms with Crippen LogP contribution in [0.4, 0.5) is 0 Å². The number of methoxy groups -OCH3 is 1. The molecule has 1 aromatic rings. The molecule has 4 nitrogen and oxygen atoms in total. The first-order valence-corrected chi connectivity index (χ1v) is 8.33. The van der Waals surface area contributed by atoms with Crippen molar-refractivity contribution < 1.29 is 9.47 Å². The van der Waals surface area contributed by atoms with Crippen LogP contribution in [0.1, 0.15) is 38.3 Å². The van der Waals surface area contributed by atoms with Crippen molar-refractivity contribution in [1.29, 1.82) is 0 Å². The number of benzene rings is 1. The van der Waals surface area contributed by atoms with Crippen molar-refractivity contribution in [2.24, 2.45) is 0 Å². The van der Waals surface area contributed by atoms with Crippen LogP contribution in [0.2, 0.25) is 0 Å². The Morgan fingerprint density at radius 1 is 1.57 bits per heavy atom. The smallest absolute Gasteiger partial charge is 0.184 e. The van der Waals surface area contributed by atoms with Gasteiger partial charge in [-0.2, -0.15) is 0 Å². The van der Waals surface area contributed by atoms with E-state index in [2.05, 4.69) is 46.1 Å². The van der Waals surface area contributed by atoms with E-state index in [1.165, 1.54) is 0 Å². The van der Waals surface area contributed by atoms with Crippen molar-refractivity contribution in [2.75, 3.05) is 13.7 Å². The number of fused-ring (bicyclic) bond motifs is 4. The minimum atomic E-state index is -0.420. The molecule has 0 radical (unpaired) electrons. The van der Waals surface area contributed by atoms with Crippen molar-refractivity contribution >= 4 is 33.3 Å². The Morgan fingerprint density at radius 3 is 3.00 bits per heavy atom. The van der Waals surface area contributed by atoms with E-state index in [0.29, 0.717) is 0 Å². The first-order chi connectivity index (χ1) is 9.98. The Morgan fingerprint density at radius 2 is 2.33 bits per heavy atom. The third-order valence-corrected chi connectivity index (χ3v) is 4.91. The van der Waals surface area contributed by atoms with Crippen LogP contribution in [0, 0.1) is 0 Å². The van der Waals surface area contributed by atoms with E-state index in [-0.39, 0.29) is 6.04 Å². The number of nitrogens with one attached hydrogen (secondary N) is 1. The van der Waals surface area contributed by atoms with Gasteiger partial charge in [-0.15, -0.1) is 0 Å². The summed E-state index contributed by atoms with van der Waals surface area (Å²) in [5.74, 6) is 1.57. The van der Waals surface area contributed by atoms with Crippen LogP contribution in [0.3, 0.4) is 0 Å². The average molecular weight is 371 g/mol. The van der Waals surface area contributed by atoms with Gasteiger partial charge in [0, 0.05) is 23.0 Å². The van der Waals surface area contributed by atoms with E-state index in [1.807, 2.05) is 6.07 Å². The molecule has 2 heterocycles. The summed E-state index contributed by atoms with van der Waals surface area (Å²) >= 11 is 9.06. The molecule has 1 N–H and O–H groups in total. The number of hydrogen-bond donors (Lipinski definition) is 1. The summed E-state index contributed by atoms with van der Waals surface area (Å²) in [6.45, 7) is 5.13. The highest BCUT2D eigenvalue weighted by molar-refractivity contribution is 9.10. The average Bonchev–Trinajstić information content (AvgIpc) is 2.43. The molecule has 114 valence electrons. The van der Waals surface area contributed by atoms with Gasteiger partial charge in [-0.25, -0.2) is 0 Å². The van der Waals surface area contributed by atoms with Crippen LogP contribution in [-0.4, -0.2) is 29.4 Å². The molecule has 0 aliphatic carbocycles. The molecule has 0 aromatic heterocycles. The van der Waals surface area contributed by atoms with Crippen molar-refractivity contribution in [1.82, 2.24) is 10.2 Å². The van der Waals surface area contributed by atoms with E-state index in [1.54, 1.807) is 7.11 Å². The first kappa shape index (κ1) is 14.9. The second kappa shape index (κ2) is 5.32. The zero-order chi connectivity index (χ0) is 15.2. The number of halogens is 1. The lowest BCUT2D eigenvalue weighted by atomic mass is 9.90. The van der Waals surface area contributed by atoms with Gasteiger partial charge in [0.05, 0.1) is 13.2 Å². The summed E-state index contributed by atoms with van der Waals surface area (Å²) in [5, 5.41) is 4.21. The van der Waals surface area contributed by atoms with Crippen molar-refractivity contribution in [3.8, 4) is 11.5 Å². The molecule has 1 fully saturated rings. The maximum atomic E-state index is 6.36. The van der Waals surface area contributed by atoms with Gasteiger partial charge in [0.1, 0.15) is 0 Å². The van der Waals surface area contributed by atoms with Gasteiger partial charge in [-0.05, 0) is 37.7 Å². The molecule has 2 unspecified atom stereocenters. The molecule has 0 amide bonds. The summed E-state index contributed by atoms with van der Waals surface area (Å²) in [6.07, 6.45) is 1.88. The highest BCUT2D eigenvalue weighted by Gasteiger charge is 2.48. The summed E-state index contributed by atoms with van der Waals surface area (Å²) in [4.78, 5) is 2.14. The lowest BCUT2D eigenvalue weighted by Crippen LogP contribution is -2.64. The minimum Gasteiger partial charge on any atom is -0.493 e. The highest BCUT2D eigenvalue weighted by Crippen LogP contribution is 2.49. The lowest BCUT2D eigenvalue weighted by molar-refractivity contribution is -0.0695. The van der Waals surface area contributed by atoms with Crippen LogP contribution in [-0.2, 0) is 0 Å². The summed E-state index contributed by atoms with van der Waals surface area (Å²) in [5.41, 5.74) is 0.675. The Balaban J connectivity index is 2.09. The Kier molecular flexibility index (Phi) is 3.78. The first-order valence-electron chi connectivity index (χ1n) is 7.13. The molecule has 0 spiro atoms. The predicted octanol–water partition coefficient (Wildman–Crippen LogP) is 3.60. The third kappa shape index (κ3) is 2.38. The Bertz CT molecular complexity index is 595. The number of hydrogen-bond acceptors (Lipinski definition) is 3. The molecule has 2 aliphatic rings. The molecule has 1 saturated heterocycles. The number of rotatable bonds is 3. The topological polar surface area (TPSA) is 33.7 Å². The van der Waals surface area contributed by atoms with E-state index >= 15 is 0 Å². The van der Waals surface area contributed by atoms with Crippen molar-refractivity contribution in [3.63, 3.8) is 0 Å². The Hall–Kier alpha value is -1.01. The maximum absolute atomic E-state index is 6.36. The minimum absolute atomic E-state index is 0.158. The van der Waals surface area contributed by atoms with Gasteiger partial charge in [0.25, 0.3) is 0 Å². The molecule has 2 bridgehead atoms. The van der Waals surface area contributed by atoms with E-state index < -0.39 is 5.72 Å². The summed E-state index contributed by atoms with van der Waals surface area (Å²) in [7, 11) is 1.67. The number of ether oxygens (including phenoxy) is 2. The molecule has 21 heavy (non-hydrogen) atoms. The van der Waals surface area contributed by atoms with Gasteiger partial charge in [-0.3, -0.25) is 0 Å². The molecule has 3 rings (SSSR count). The van der Waals surface area contributed by atoms with Crippen molar-refractivity contribution in [2.45, 2.75) is 38.5 Å². The highest BCUT2D eigenvalue weighted by atomic mass is 79.9.